The maximum atomic E-state index is 5.78. The van der Waals surface area contributed by atoms with Crippen LogP contribution >= 0.6 is 0 Å². The van der Waals surface area contributed by atoms with Crippen LogP contribution < -0.4 is 11.1 Å². The minimum Gasteiger partial charge on any atom is -0.396 e. The third-order valence-electron chi connectivity index (χ3n) is 2.54. The van der Waals surface area contributed by atoms with Crippen LogP contribution in [0.25, 0.3) is 0 Å². The SMILES string of the molecule is CC1OCCC1Nc1ncccc1N. The Bertz CT molecular complexity index is 316. The molecule has 0 radical (unpaired) electrons. The van der Waals surface area contributed by atoms with E-state index in [0.29, 0.717) is 11.7 Å². The highest BCUT2D eigenvalue weighted by atomic mass is 16.5. The van der Waals surface area contributed by atoms with Crippen LogP contribution in [0.4, 0.5) is 11.5 Å². The van der Waals surface area contributed by atoms with Crippen LogP contribution in [-0.4, -0.2) is 23.7 Å². The fraction of sp³-hybridized carbons (Fsp3) is 0.500. The zero-order valence-electron chi connectivity index (χ0n) is 8.23. The van der Waals surface area contributed by atoms with E-state index in [0.717, 1.165) is 18.8 Å². The number of nitrogens with zero attached hydrogens (tertiary/aromatic N) is 1. The van der Waals surface area contributed by atoms with Crippen molar-refractivity contribution in [2.45, 2.75) is 25.5 Å². The molecule has 0 aromatic carbocycles. The number of hydrogen-bond acceptors (Lipinski definition) is 4. The minimum atomic E-state index is 0.233. The first-order chi connectivity index (χ1) is 6.77. The second-order valence-electron chi connectivity index (χ2n) is 3.56. The van der Waals surface area contributed by atoms with Gasteiger partial charge < -0.3 is 15.8 Å². The van der Waals surface area contributed by atoms with E-state index in [-0.39, 0.29) is 6.10 Å². The van der Waals surface area contributed by atoms with E-state index >= 15 is 0 Å². The van der Waals surface area contributed by atoms with E-state index in [1.165, 1.54) is 0 Å². The predicted molar refractivity (Wildman–Crippen MR) is 56.1 cm³/mol. The smallest absolute Gasteiger partial charge is 0.149 e. The van der Waals surface area contributed by atoms with Crippen molar-refractivity contribution >= 4 is 11.5 Å². The summed E-state index contributed by atoms with van der Waals surface area (Å²) in [4.78, 5) is 4.18. The number of rotatable bonds is 2. The maximum absolute atomic E-state index is 5.78. The largest absolute Gasteiger partial charge is 0.396 e. The van der Waals surface area contributed by atoms with E-state index in [9.17, 15) is 0 Å². The van der Waals surface area contributed by atoms with Crippen molar-refractivity contribution in [3.05, 3.63) is 18.3 Å². The van der Waals surface area contributed by atoms with Crippen molar-refractivity contribution in [2.24, 2.45) is 0 Å². The van der Waals surface area contributed by atoms with Gasteiger partial charge in [-0.1, -0.05) is 0 Å². The average Bonchev–Trinajstić information content (AvgIpc) is 2.56. The van der Waals surface area contributed by atoms with E-state index in [4.69, 9.17) is 10.5 Å². The second kappa shape index (κ2) is 3.84. The number of nitrogens with two attached hydrogens (primary N) is 1. The van der Waals surface area contributed by atoms with Crippen molar-refractivity contribution in [1.82, 2.24) is 4.98 Å². The first-order valence-electron chi connectivity index (χ1n) is 4.86. The van der Waals surface area contributed by atoms with Gasteiger partial charge in [0.15, 0.2) is 0 Å². The zero-order valence-corrected chi connectivity index (χ0v) is 8.23. The normalized spacial score (nSPS) is 26.4. The molecule has 0 saturated carbocycles. The van der Waals surface area contributed by atoms with Crippen molar-refractivity contribution < 1.29 is 4.74 Å². The van der Waals surface area contributed by atoms with Gasteiger partial charge in [0.1, 0.15) is 5.82 Å². The van der Waals surface area contributed by atoms with Crippen LogP contribution in [0.15, 0.2) is 18.3 Å². The zero-order chi connectivity index (χ0) is 9.97. The summed E-state index contributed by atoms with van der Waals surface area (Å²) in [6.45, 7) is 2.87. The van der Waals surface area contributed by atoms with Gasteiger partial charge in [-0.2, -0.15) is 0 Å². The summed E-state index contributed by atoms with van der Waals surface area (Å²) in [6.07, 6.45) is 2.98. The second-order valence-corrected chi connectivity index (χ2v) is 3.56. The molecule has 0 amide bonds. The maximum Gasteiger partial charge on any atom is 0.149 e. The van der Waals surface area contributed by atoms with E-state index in [1.807, 2.05) is 12.1 Å². The fourth-order valence-corrected chi connectivity index (χ4v) is 1.64. The predicted octanol–water partition coefficient (Wildman–Crippen LogP) is 1.25. The summed E-state index contributed by atoms with van der Waals surface area (Å²) < 4.78 is 5.45. The molecule has 2 heterocycles. The molecule has 14 heavy (non-hydrogen) atoms. The highest BCUT2D eigenvalue weighted by Crippen LogP contribution is 2.20. The molecule has 1 aliphatic heterocycles. The van der Waals surface area contributed by atoms with Gasteiger partial charge in [-0.05, 0) is 25.5 Å². The summed E-state index contributed by atoms with van der Waals surface area (Å²) in [5.74, 6) is 0.759. The van der Waals surface area contributed by atoms with E-state index in [1.54, 1.807) is 6.20 Å². The molecular formula is C10H15N3O. The van der Waals surface area contributed by atoms with Crippen LogP contribution in [0.1, 0.15) is 13.3 Å². The number of nitrogens with one attached hydrogen (secondary N) is 1. The first-order valence-corrected chi connectivity index (χ1v) is 4.86. The number of pyridine rings is 1. The molecule has 76 valence electrons. The van der Waals surface area contributed by atoms with Gasteiger partial charge in [0.2, 0.25) is 0 Å². The molecule has 0 spiro atoms. The van der Waals surface area contributed by atoms with Crippen LogP contribution in [-0.2, 0) is 4.74 Å². The van der Waals surface area contributed by atoms with Gasteiger partial charge in [0.05, 0.1) is 17.8 Å². The fourth-order valence-electron chi connectivity index (χ4n) is 1.64. The molecule has 1 aromatic heterocycles. The number of ether oxygens (including phenoxy) is 1. The molecule has 4 nitrogen and oxygen atoms in total. The summed E-state index contributed by atoms with van der Waals surface area (Å²) in [5, 5.41) is 3.30. The lowest BCUT2D eigenvalue weighted by Gasteiger charge is -2.17. The molecule has 1 saturated heterocycles. The van der Waals surface area contributed by atoms with Gasteiger partial charge in [0, 0.05) is 12.8 Å². The molecule has 0 aliphatic carbocycles. The van der Waals surface area contributed by atoms with Crippen molar-refractivity contribution in [3.8, 4) is 0 Å². The highest BCUT2D eigenvalue weighted by molar-refractivity contribution is 5.60. The van der Waals surface area contributed by atoms with Crippen LogP contribution in [0.2, 0.25) is 0 Å². The average molecular weight is 193 g/mol. The summed E-state index contributed by atoms with van der Waals surface area (Å²) in [5.41, 5.74) is 6.46. The summed E-state index contributed by atoms with van der Waals surface area (Å²) in [7, 11) is 0. The van der Waals surface area contributed by atoms with E-state index < -0.39 is 0 Å². The van der Waals surface area contributed by atoms with Crippen LogP contribution in [0.3, 0.4) is 0 Å². The topological polar surface area (TPSA) is 60.2 Å². The Kier molecular flexibility index (Phi) is 2.54. The Morgan fingerprint density at radius 1 is 1.64 bits per heavy atom. The van der Waals surface area contributed by atoms with Crippen LogP contribution in [0, 0.1) is 0 Å². The lowest BCUT2D eigenvalue weighted by Crippen LogP contribution is -2.27. The van der Waals surface area contributed by atoms with Crippen LogP contribution in [0.5, 0.6) is 0 Å². The van der Waals surface area contributed by atoms with Crippen molar-refractivity contribution in [2.75, 3.05) is 17.7 Å². The number of hydrogen-bond donors (Lipinski definition) is 2. The first kappa shape index (κ1) is 9.27. The van der Waals surface area contributed by atoms with Gasteiger partial charge in [0.25, 0.3) is 0 Å². The Morgan fingerprint density at radius 2 is 2.50 bits per heavy atom. The standard InChI is InChI=1S/C10H15N3O/c1-7-9(4-6-14-7)13-10-8(11)3-2-5-12-10/h2-3,5,7,9H,4,6,11H2,1H3,(H,12,13). The molecule has 2 atom stereocenters. The third kappa shape index (κ3) is 1.80. The quantitative estimate of drug-likeness (QED) is 0.742. The molecule has 3 N–H and O–H groups in total. The molecule has 0 bridgehead atoms. The van der Waals surface area contributed by atoms with E-state index in [2.05, 4.69) is 17.2 Å². The van der Waals surface area contributed by atoms with Gasteiger partial charge in [-0.3, -0.25) is 0 Å². The number of aromatic nitrogens is 1. The van der Waals surface area contributed by atoms with Crippen molar-refractivity contribution in [3.63, 3.8) is 0 Å². The summed E-state index contributed by atoms with van der Waals surface area (Å²) in [6, 6.07) is 4.00. The summed E-state index contributed by atoms with van der Waals surface area (Å²) >= 11 is 0. The lowest BCUT2D eigenvalue weighted by atomic mass is 10.1. The molecule has 2 rings (SSSR count). The lowest BCUT2D eigenvalue weighted by molar-refractivity contribution is 0.121. The Balaban J connectivity index is 2.07. The Hall–Kier alpha value is -1.29. The number of nitrogen functional groups attached to an aromatic ring is 1. The molecule has 4 heteroatoms. The highest BCUT2D eigenvalue weighted by Gasteiger charge is 2.24. The number of anilines is 2. The monoisotopic (exact) mass is 193 g/mol. The molecular weight excluding hydrogens is 178 g/mol. The van der Waals surface area contributed by atoms with Gasteiger partial charge >= 0.3 is 0 Å². The Morgan fingerprint density at radius 3 is 3.14 bits per heavy atom. The third-order valence-corrected chi connectivity index (χ3v) is 2.54. The molecule has 2 unspecified atom stereocenters. The molecule has 1 aromatic rings. The van der Waals surface area contributed by atoms with Gasteiger partial charge in [-0.15, -0.1) is 0 Å². The molecule has 1 aliphatic rings. The Labute approximate surface area is 83.5 Å². The minimum absolute atomic E-state index is 0.233. The molecule has 1 fully saturated rings. The van der Waals surface area contributed by atoms with Crippen molar-refractivity contribution in [1.29, 1.82) is 0 Å². The van der Waals surface area contributed by atoms with Gasteiger partial charge in [-0.25, -0.2) is 4.98 Å².